The van der Waals surface area contributed by atoms with E-state index in [0.29, 0.717) is 16.4 Å². The topological polar surface area (TPSA) is 130 Å². The maximum absolute atomic E-state index is 13.0. The summed E-state index contributed by atoms with van der Waals surface area (Å²) in [6, 6.07) is 0. The number of nitrogens with one attached hydrogen (secondary N) is 1. The van der Waals surface area contributed by atoms with Gasteiger partial charge in [-0.05, 0) is 67.8 Å². The highest BCUT2D eigenvalue weighted by atomic mass is 127. The van der Waals surface area contributed by atoms with Crippen molar-refractivity contribution >= 4 is 91.2 Å². The third-order valence-electron chi connectivity index (χ3n) is 4.03. The van der Waals surface area contributed by atoms with Gasteiger partial charge in [-0.2, -0.15) is 0 Å². The number of hydrogen-bond donors (Lipinski definition) is 4. The maximum Gasteiger partial charge on any atom is 0.255 e. The molecule has 0 aliphatic carbocycles. The molecule has 0 radical (unpaired) electrons. The minimum Gasteiger partial charge on any atom is -0.395 e. The van der Waals surface area contributed by atoms with Crippen molar-refractivity contribution in [3.8, 4) is 0 Å². The summed E-state index contributed by atoms with van der Waals surface area (Å²) >= 11 is 5.85. The average Bonchev–Trinajstić information content (AvgIpc) is 2.65. The van der Waals surface area contributed by atoms with Gasteiger partial charge in [0, 0.05) is 37.7 Å². The first-order chi connectivity index (χ1) is 13.5. The van der Waals surface area contributed by atoms with E-state index in [2.05, 4.69) is 5.32 Å². The molecule has 1 atom stereocenters. The van der Waals surface area contributed by atoms with E-state index < -0.39 is 24.5 Å². The molecule has 162 valence electrons. The van der Waals surface area contributed by atoms with Crippen molar-refractivity contribution in [1.82, 2.24) is 10.2 Å². The monoisotopic (exact) mass is 745 g/mol. The van der Waals surface area contributed by atoms with Gasteiger partial charge in [-0.15, -0.1) is 0 Å². The van der Waals surface area contributed by atoms with Gasteiger partial charge in [0.2, 0.25) is 5.91 Å². The van der Waals surface area contributed by atoms with E-state index in [9.17, 15) is 19.5 Å². The Morgan fingerprint density at radius 3 is 2.07 bits per heavy atom. The molecule has 0 aromatic heterocycles. The molecule has 0 aliphatic heterocycles. The minimum absolute atomic E-state index is 0.110. The Labute approximate surface area is 209 Å². The molecule has 29 heavy (non-hydrogen) atoms. The molecule has 0 saturated heterocycles. The van der Waals surface area contributed by atoms with E-state index in [1.54, 1.807) is 7.05 Å². The van der Waals surface area contributed by atoms with Crippen LogP contribution in [0.3, 0.4) is 0 Å². The van der Waals surface area contributed by atoms with Crippen molar-refractivity contribution in [2.24, 2.45) is 0 Å². The number of rotatable bonds is 8. The number of aliphatic hydroxyl groups is 3. The highest BCUT2D eigenvalue weighted by molar-refractivity contribution is 14.1. The Kier molecular flexibility index (Phi) is 11.0. The fourth-order valence-corrected chi connectivity index (χ4v) is 7.14. The summed E-state index contributed by atoms with van der Waals surface area (Å²) in [5.74, 6) is -1.21. The van der Waals surface area contributed by atoms with Crippen LogP contribution in [0.2, 0.25) is 0 Å². The predicted molar refractivity (Wildman–Crippen MR) is 133 cm³/mol. The summed E-state index contributed by atoms with van der Waals surface area (Å²) in [4.78, 5) is 40.6. The highest BCUT2D eigenvalue weighted by Gasteiger charge is 2.31. The van der Waals surface area contributed by atoms with E-state index in [0.717, 1.165) is 0 Å². The van der Waals surface area contributed by atoms with E-state index in [1.165, 1.54) is 23.8 Å². The molecule has 0 fully saturated rings. The van der Waals surface area contributed by atoms with Gasteiger partial charge in [-0.3, -0.25) is 14.4 Å². The van der Waals surface area contributed by atoms with Crippen LogP contribution in [0, 0.1) is 10.7 Å². The van der Waals surface area contributed by atoms with Gasteiger partial charge in [-0.1, -0.05) is 0 Å². The Bertz CT molecular complexity index is 805. The first-order valence-corrected chi connectivity index (χ1v) is 11.6. The maximum atomic E-state index is 13.0. The number of carbonyl (C=O) groups is 3. The number of likely N-dealkylation sites (N-methyl/N-ethyl adjacent to an activating group) is 1. The van der Waals surface area contributed by atoms with Gasteiger partial charge in [0.25, 0.3) is 11.8 Å². The lowest BCUT2D eigenvalue weighted by molar-refractivity contribution is -0.116. The summed E-state index contributed by atoms with van der Waals surface area (Å²) < 4.78 is 1.38. The molecular formula is C17H22I3N3O6. The second kappa shape index (κ2) is 11.9. The second-order valence-electron chi connectivity index (χ2n) is 6.12. The zero-order valence-corrected chi connectivity index (χ0v) is 22.5. The molecule has 3 amide bonds. The molecule has 1 unspecified atom stereocenters. The fourth-order valence-electron chi connectivity index (χ4n) is 2.30. The van der Waals surface area contributed by atoms with Gasteiger partial charge in [0.05, 0.1) is 43.3 Å². The molecule has 0 saturated carbocycles. The van der Waals surface area contributed by atoms with Crippen molar-refractivity contribution in [3.05, 3.63) is 21.8 Å². The quantitative estimate of drug-likeness (QED) is 0.289. The third-order valence-corrected chi connectivity index (χ3v) is 7.21. The number of halogens is 3. The first kappa shape index (κ1) is 26.7. The number of amides is 3. The fraction of sp³-hybridized carbons (Fsp3) is 0.471. The molecule has 0 bridgehead atoms. The summed E-state index contributed by atoms with van der Waals surface area (Å²) in [5, 5.41) is 30.2. The molecule has 12 heteroatoms. The number of nitrogens with zero attached hydrogens (tertiary/aromatic N) is 2. The summed E-state index contributed by atoms with van der Waals surface area (Å²) in [6.07, 6.45) is -1.12. The van der Waals surface area contributed by atoms with E-state index in [-0.39, 0.29) is 36.7 Å². The van der Waals surface area contributed by atoms with Crippen LogP contribution in [0.1, 0.15) is 27.6 Å². The van der Waals surface area contributed by atoms with Crippen LogP contribution in [-0.2, 0) is 4.79 Å². The number of aliphatic hydroxyl groups excluding tert-OH is 3. The zero-order valence-electron chi connectivity index (χ0n) is 16.0. The Morgan fingerprint density at radius 1 is 1.03 bits per heavy atom. The Morgan fingerprint density at radius 2 is 1.59 bits per heavy atom. The molecule has 0 heterocycles. The molecule has 0 spiro atoms. The third kappa shape index (κ3) is 6.34. The van der Waals surface area contributed by atoms with E-state index in [1.807, 2.05) is 67.8 Å². The predicted octanol–water partition coefficient (Wildman–Crippen LogP) is 0.630. The molecule has 1 aromatic carbocycles. The number of anilines is 1. The summed E-state index contributed by atoms with van der Waals surface area (Å²) in [7, 11) is 3.09. The van der Waals surface area contributed by atoms with Crippen molar-refractivity contribution in [1.29, 1.82) is 0 Å². The number of benzene rings is 1. The van der Waals surface area contributed by atoms with Gasteiger partial charge in [0.15, 0.2) is 0 Å². The van der Waals surface area contributed by atoms with Gasteiger partial charge >= 0.3 is 0 Å². The van der Waals surface area contributed by atoms with Crippen molar-refractivity contribution < 1.29 is 29.7 Å². The molecule has 0 aliphatic rings. The largest absolute Gasteiger partial charge is 0.395 e. The van der Waals surface area contributed by atoms with Crippen LogP contribution < -0.4 is 10.2 Å². The lowest BCUT2D eigenvalue weighted by atomic mass is 10.1. The zero-order chi connectivity index (χ0) is 22.5. The number of carbonyl (C=O) groups excluding carboxylic acids is 3. The summed E-state index contributed by atoms with van der Waals surface area (Å²) in [5.41, 5.74) is 0.867. The van der Waals surface area contributed by atoms with Gasteiger partial charge in [-0.25, -0.2) is 0 Å². The molecule has 1 aromatic rings. The van der Waals surface area contributed by atoms with Crippen LogP contribution in [0.25, 0.3) is 0 Å². The van der Waals surface area contributed by atoms with Crippen LogP contribution in [0.15, 0.2) is 0 Å². The molecule has 1 rings (SSSR count). The standard InChI is InChI=1S/C17H22I3N3O6/c1-8(26)23(3)15-13(19)10(16(28)21-6-9(27)7-25)12(18)11(14(15)20)17(29)22(2)4-5-24/h9,24-25,27H,4-7H2,1-3H3,(H,21,28). The lowest BCUT2D eigenvalue weighted by Gasteiger charge is -2.26. The van der Waals surface area contributed by atoms with E-state index in [4.69, 9.17) is 10.2 Å². The lowest BCUT2D eigenvalue weighted by Crippen LogP contribution is -2.37. The van der Waals surface area contributed by atoms with Crippen molar-refractivity contribution in [2.75, 3.05) is 45.3 Å². The normalized spacial score (nSPS) is 11.8. The molecule has 4 N–H and O–H groups in total. The van der Waals surface area contributed by atoms with Crippen LogP contribution in [0.5, 0.6) is 0 Å². The SMILES string of the molecule is CC(=O)N(C)c1c(I)c(C(=O)NCC(O)CO)c(I)c(C(=O)N(C)CCO)c1I. The summed E-state index contributed by atoms with van der Waals surface area (Å²) in [6.45, 7) is 0.598. The second-order valence-corrected chi connectivity index (χ2v) is 9.35. The smallest absolute Gasteiger partial charge is 0.255 e. The number of hydrogen-bond acceptors (Lipinski definition) is 6. The van der Waals surface area contributed by atoms with Gasteiger partial charge < -0.3 is 30.4 Å². The van der Waals surface area contributed by atoms with Crippen molar-refractivity contribution in [2.45, 2.75) is 13.0 Å². The minimum atomic E-state index is -1.12. The van der Waals surface area contributed by atoms with Crippen LogP contribution in [0.4, 0.5) is 5.69 Å². The van der Waals surface area contributed by atoms with Crippen LogP contribution >= 0.6 is 67.8 Å². The molecular weight excluding hydrogens is 723 g/mol. The molecule has 9 nitrogen and oxygen atoms in total. The highest BCUT2D eigenvalue weighted by Crippen LogP contribution is 2.38. The Hall–Kier alpha value is -0.300. The first-order valence-electron chi connectivity index (χ1n) is 8.37. The van der Waals surface area contributed by atoms with Crippen molar-refractivity contribution in [3.63, 3.8) is 0 Å². The average molecular weight is 745 g/mol. The van der Waals surface area contributed by atoms with Crippen LogP contribution in [-0.4, -0.2) is 84.4 Å². The van der Waals surface area contributed by atoms with Gasteiger partial charge in [0.1, 0.15) is 0 Å². The Balaban J connectivity index is 3.68. The van der Waals surface area contributed by atoms with E-state index >= 15 is 0 Å².